The molecule has 2 rings (SSSR count). The Morgan fingerprint density at radius 3 is 1.45 bits per heavy atom. The summed E-state index contributed by atoms with van der Waals surface area (Å²) < 4.78 is 33.1. The molecule has 2 aromatic heterocycles. The van der Waals surface area contributed by atoms with Gasteiger partial charge < -0.3 is 10.4 Å². The third kappa shape index (κ3) is 9.29. The summed E-state index contributed by atoms with van der Waals surface area (Å²) in [5.41, 5.74) is 0. The molecule has 0 aliphatic carbocycles. The third-order valence-corrected chi connectivity index (χ3v) is 4.12. The molecule has 118 valence electrons. The second-order valence-electron chi connectivity index (χ2n) is 3.34. The maximum absolute atomic E-state index is 11.3. The number of hydrogen-bond donors (Lipinski definition) is 2. The molecule has 0 aromatic carbocycles. The number of aromatic nitrogens is 2. The molecule has 2 aromatic rings. The van der Waals surface area contributed by atoms with Crippen molar-refractivity contribution in [3.05, 3.63) is 59.2 Å². The second-order valence-corrected chi connectivity index (χ2v) is 6.41. The molecule has 2 heterocycles. The zero-order chi connectivity index (χ0) is 15.9. The minimum absolute atomic E-state index is 0. The minimum Gasteiger partial charge on any atom is -0.618 e. The Bertz CT molecular complexity index is 647. The summed E-state index contributed by atoms with van der Waals surface area (Å²) in [5, 5.41) is 23.8. The van der Waals surface area contributed by atoms with E-state index >= 15 is 0 Å². The predicted octanol–water partition coefficient (Wildman–Crippen LogP) is 0.184. The molecular formula is C10H12MgN2O6S3. The number of nitrogens with zero attached hydrogens (tertiary/aromatic N) is 2. The van der Waals surface area contributed by atoms with Crippen LogP contribution < -0.4 is 9.46 Å². The van der Waals surface area contributed by atoms with E-state index in [2.05, 4.69) is 0 Å². The second kappa shape index (κ2) is 10.1. The van der Waals surface area contributed by atoms with E-state index in [0.717, 1.165) is 9.46 Å². The SMILES string of the molecule is O=S(=O)(O)O.[MgH2].[O-][n+]1ccccc1SSc1cccc[n+]1[O-]. The maximum atomic E-state index is 11.3. The van der Waals surface area contributed by atoms with E-state index in [-0.39, 0.29) is 23.1 Å². The standard InChI is InChI=1S/C10H8N2O2S2.Mg.H2O4S.2H/c13-11-7-3-1-5-9(11)15-16-10-6-2-4-8-12(10)14;;1-5(2,3)4;;/h1-8H;;(H2,1,2,3,4);;. The van der Waals surface area contributed by atoms with Gasteiger partial charge in [0.05, 0.1) is 0 Å². The minimum atomic E-state index is -4.67. The van der Waals surface area contributed by atoms with Crippen molar-refractivity contribution in [2.24, 2.45) is 0 Å². The third-order valence-electron chi connectivity index (χ3n) is 1.79. The van der Waals surface area contributed by atoms with Gasteiger partial charge in [-0.1, -0.05) is 0 Å². The first-order valence-corrected chi connectivity index (χ1v) is 8.73. The highest BCUT2D eigenvalue weighted by molar-refractivity contribution is 8.76. The fourth-order valence-electron chi connectivity index (χ4n) is 1.04. The normalized spacial score (nSPS) is 10.1. The Morgan fingerprint density at radius 1 is 0.864 bits per heavy atom. The van der Waals surface area contributed by atoms with E-state index in [0.29, 0.717) is 10.1 Å². The molecule has 0 saturated heterocycles. The van der Waals surface area contributed by atoms with Gasteiger partial charge in [-0.25, -0.2) is 0 Å². The first-order valence-electron chi connectivity index (χ1n) is 5.18. The van der Waals surface area contributed by atoms with Crippen molar-refractivity contribution in [3.63, 3.8) is 0 Å². The summed E-state index contributed by atoms with van der Waals surface area (Å²) in [6.07, 6.45) is 2.86. The highest BCUT2D eigenvalue weighted by Crippen LogP contribution is 2.33. The Morgan fingerprint density at radius 2 is 1.18 bits per heavy atom. The zero-order valence-electron chi connectivity index (χ0n) is 10.3. The summed E-state index contributed by atoms with van der Waals surface area (Å²) in [5.74, 6) is 0. The van der Waals surface area contributed by atoms with Crippen LogP contribution in [0.4, 0.5) is 0 Å². The molecule has 22 heavy (non-hydrogen) atoms. The lowest BCUT2D eigenvalue weighted by Crippen LogP contribution is -2.28. The average Bonchev–Trinajstić information content (AvgIpc) is 2.37. The van der Waals surface area contributed by atoms with Crippen LogP contribution in [0.2, 0.25) is 0 Å². The van der Waals surface area contributed by atoms with E-state index in [1.54, 1.807) is 36.4 Å². The molecule has 0 saturated carbocycles. The molecule has 0 aliphatic rings. The summed E-state index contributed by atoms with van der Waals surface area (Å²) in [6.45, 7) is 0. The highest BCUT2D eigenvalue weighted by Gasteiger charge is 2.10. The van der Waals surface area contributed by atoms with Gasteiger partial charge in [0.25, 0.3) is 10.1 Å². The van der Waals surface area contributed by atoms with Crippen LogP contribution in [0.5, 0.6) is 0 Å². The topological polar surface area (TPSA) is 128 Å². The number of rotatable bonds is 3. The fourth-order valence-corrected chi connectivity index (χ4v) is 3.03. The van der Waals surface area contributed by atoms with Crippen molar-refractivity contribution >= 4 is 55.0 Å². The summed E-state index contributed by atoms with van der Waals surface area (Å²) in [6, 6.07) is 10.3. The number of pyridine rings is 2. The van der Waals surface area contributed by atoms with E-state index in [1.807, 2.05) is 0 Å². The van der Waals surface area contributed by atoms with Crippen LogP contribution in [-0.2, 0) is 10.4 Å². The van der Waals surface area contributed by atoms with E-state index in [4.69, 9.17) is 17.5 Å². The van der Waals surface area contributed by atoms with Crippen LogP contribution >= 0.6 is 21.6 Å². The molecule has 0 bridgehead atoms. The van der Waals surface area contributed by atoms with Gasteiger partial charge in [-0.15, -0.1) is 0 Å². The number of hydrogen-bond acceptors (Lipinski definition) is 6. The van der Waals surface area contributed by atoms with Gasteiger partial charge in [0.2, 0.25) is 0 Å². The molecule has 2 N–H and O–H groups in total. The van der Waals surface area contributed by atoms with Crippen molar-refractivity contribution < 1.29 is 27.0 Å². The Labute approximate surface area is 150 Å². The van der Waals surface area contributed by atoms with Crippen LogP contribution in [-0.4, -0.2) is 40.6 Å². The Balaban J connectivity index is 0.000000644. The zero-order valence-corrected chi connectivity index (χ0v) is 12.7. The van der Waals surface area contributed by atoms with Crippen molar-refractivity contribution in [2.45, 2.75) is 10.1 Å². The summed E-state index contributed by atoms with van der Waals surface area (Å²) in [4.78, 5) is 0. The van der Waals surface area contributed by atoms with Gasteiger partial charge in [0.1, 0.15) is 0 Å². The summed E-state index contributed by atoms with van der Waals surface area (Å²) >= 11 is 0. The van der Waals surface area contributed by atoms with E-state index in [1.165, 1.54) is 34.0 Å². The first kappa shape index (κ1) is 21.2. The van der Waals surface area contributed by atoms with Crippen molar-refractivity contribution in [1.29, 1.82) is 0 Å². The lowest BCUT2D eigenvalue weighted by Gasteiger charge is -2.03. The first-order chi connectivity index (χ1) is 9.77. The van der Waals surface area contributed by atoms with Crippen molar-refractivity contribution in [1.82, 2.24) is 0 Å². The van der Waals surface area contributed by atoms with Crippen molar-refractivity contribution in [3.8, 4) is 0 Å². The van der Waals surface area contributed by atoms with E-state index in [9.17, 15) is 10.4 Å². The fraction of sp³-hybridized carbons (Fsp3) is 0. The van der Waals surface area contributed by atoms with Gasteiger partial charge in [-0.2, -0.15) is 17.9 Å². The van der Waals surface area contributed by atoms with Gasteiger partial charge in [0.15, 0.2) is 12.4 Å². The van der Waals surface area contributed by atoms with Gasteiger partial charge in [-0.3, -0.25) is 9.11 Å². The quantitative estimate of drug-likeness (QED) is 0.255. The largest absolute Gasteiger partial charge is 0.618 e. The molecule has 0 spiro atoms. The molecular weight excluding hydrogens is 365 g/mol. The van der Waals surface area contributed by atoms with Crippen LogP contribution in [0, 0.1) is 10.4 Å². The van der Waals surface area contributed by atoms with Gasteiger partial charge >= 0.3 is 33.5 Å². The molecule has 12 heteroatoms. The van der Waals surface area contributed by atoms with E-state index < -0.39 is 10.4 Å². The molecule has 0 aliphatic heterocycles. The van der Waals surface area contributed by atoms with Crippen LogP contribution in [0.15, 0.2) is 58.8 Å². The smallest absolute Gasteiger partial charge is 0.394 e. The maximum Gasteiger partial charge on any atom is 0.394 e. The van der Waals surface area contributed by atoms with Crippen LogP contribution in [0.1, 0.15) is 0 Å². The van der Waals surface area contributed by atoms with Gasteiger partial charge in [-0.05, 0) is 12.1 Å². The highest BCUT2D eigenvalue weighted by atomic mass is 33.1. The lowest BCUT2D eigenvalue weighted by atomic mass is 10.5. The molecule has 0 unspecified atom stereocenters. The molecule has 0 atom stereocenters. The average molecular weight is 377 g/mol. The molecule has 0 radical (unpaired) electrons. The molecule has 0 amide bonds. The van der Waals surface area contributed by atoms with Crippen molar-refractivity contribution in [2.75, 3.05) is 0 Å². The lowest BCUT2D eigenvalue weighted by molar-refractivity contribution is -0.646. The molecule has 8 nitrogen and oxygen atoms in total. The van der Waals surface area contributed by atoms with Crippen LogP contribution in [0.3, 0.4) is 0 Å². The monoisotopic (exact) mass is 376 g/mol. The summed E-state index contributed by atoms with van der Waals surface area (Å²) in [7, 11) is -2.15. The Hall–Kier alpha value is -0.764. The Kier molecular flexibility index (Phi) is 9.74. The predicted molar refractivity (Wildman–Crippen MR) is 85.2 cm³/mol. The molecule has 0 fully saturated rings. The van der Waals surface area contributed by atoms with Crippen LogP contribution in [0.25, 0.3) is 0 Å². The van der Waals surface area contributed by atoms with Gasteiger partial charge in [0, 0.05) is 45.9 Å².